The number of hydrogen-bond donors (Lipinski definition) is 2. The van der Waals surface area contributed by atoms with Gasteiger partial charge in [-0.1, -0.05) is 0 Å². The molecule has 6 nitrogen and oxygen atoms in total. The Labute approximate surface area is 97.4 Å². The smallest absolute Gasteiger partial charge is 0.321 e. The number of hydrogen-bond acceptors (Lipinski definition) is 3. The SMILES string of the molecule is Cl.Cl.O=[N+]([O-])c1ccc(P(=O)(O)O)cc1. The zero-order chi connectivity index (χ0) is 10.1. The van der Waals surface area contributed by atoms with Crippen molar-refractivity contribution in [2.45, 2.75) is 0 Å². The van der Waals surface area contributed by atoms with E-state index >= 15 is 0 Å². The third kappa shape index (κ3) is 4.59. The van der Waals surface area contributed by atoms with E-state index in [4.69, 9.17) is 9.79 Å². The van der Waals surface area contributed by atoms with Crippen LogP contribution in [0, 0.1) is 10.1 Å². The van der Waals surface area contributed by atoms with Gasteiger partial charge < -0.3 is 9.79 Å². The average Bonchev–Trinajstić information content (AvgIpc) is 2.03. The zero-order valence-electron chi connectivity index (χ0n) is 7.14. The molecule has 1 aromatic rings. The molecule has 1 rings (SSSR count). The molecule has 0 bridgehead atoms. The molecule has 0 heterocycles. The van der Waals surface area contributed by atoms with Gasteiger partial charge in [-0.25, -0.2) is 0 Å². The van der Waals surface area contributed by atoms with E-state index in [9.17, 15) is 14.7 Å². The fraction of sp³-hybridized carbons (Fsp3) is 0. The van der Waals surface area contributed by atoms with Crippen LogP contribution in [0.3, 0.4) is 0 Å². The highest BCUT2D eigenvalue weighted by atomic mass is 35.5. The molecule has 0 unspecified atom stereocenters. The molecule has 0 aliphatic heterocycles. The van der Waals surface area contributed by atoms with Crippen LogP contribution in [0.5, 0.6) is 0 Å². The maximum absolute atomic E-state index is 10.6. The largest absolute Gasteiger partial charge is 0.356 e. The highest BCUT2D eigenvalue weighted by Gasteiger charge is 2.17. The summed E-state index contributed by atoms with van der Waals surface area (Å²) < 4.78 is 10.6. The van der Waals surface area contributed by atoms with Crippen molar-refractivity contribution in [1.29, 1.82) is 0 Å². The first-order chi connectivity index (χ1) is 5.91. The standard InChI is InChI=1S/C6H6NO5P.2ClH/c8-7(9)5-1-3-6(4-2-5)13(10,11)12;;/h1-4H,(H2,10,11,12);2*1H. The lowest BCUT2D eigenvalue weighted by molar-refractivity contribution is -0.384. The summed E-state index contributed by atoms with van der Waals surface area (Å²) in [6.45, 7) is 0. The zero-order valence-corrected chi connectivity index (χ0v) is 9.67. The molecule has 15 heavy (non-hydrogen) atoms. The molecule has 0 aromatic heterocycles. The second kappa shape index (κ2) is 6.05. The van der Waals surface area contributed by atoms with E-state index in [0.29, 0.717) is 0 Å². The normalized spacial score (nSPS) is 9.73. The maximum atomic E-state index is 10.6. The Morgan fingerprint density at radius 1 is 1.13 bits per heavy atom. The molecule has 0 aliphatic carbocycles. The minimum atomic E-state index is -4.29. The Bertz CT molecular complexity index is 376. The molecule has 0 fully saturated rings. The lowest BCUT2D eigenvalue weighted by Gasteiger charge is -2.01. The van der Waals surface area contributed by atoms with E-state index < -0.39 is 12.5 Å². The van der Waals surface area contributed by atoms with Gasteiger partial charge in [-0.05, 0) is 12.1 Å². The van der Waals surface area contributed by atoms with Gasteiger partial charge in [0.25, 0.3) is 5.69 Å². The lowest BCUT2D eigenvalue weighted by atomic mass is 10.3. The number of non-ortho nitro benzene ring substituents is 1. The summed E-state index contributed by atoms with van der Waals surface area (Å²) in [4.78, 5) is 26.9. The van der Waals surface area contributed by atoms with E-state index in [1.54, 1.807) is 0 Å². The Hall–Kier alpha value is -0.650. The minimum Gasteiger partial charge on any atom is -0.321 e. The van der Waals surface area contributed by atoms with Crippen molar-refractivity contribution >= 4 is 43.4 Å². The fourth-order valence-electron chi connectivity index (χ4n) is 0.769. The van der Waals surface area contributed by atoms with Gasteiger partial charge in [0.05, 0.1) is 10.2 Å². The van der Waals surface area contributed by atoms with Crippen LogP contribution in [0.4, 0.5) is 5.69 Å². The minimum absolute atomic E-state index is 0. The van der Waals surface area contributed by atoms with Crippen molar-refractivity contribution in [3.8, 4) is 0 Å². The van der Waals surface area contributed by atoms with Crippen LogP contribution < -0.4 is 5.30 Å². The van der Waals surface area contributed by atoms with Crippen LogP contribution >= 0.6 is 32.4 Å². The fourth-order valence-corrected chi connectivity index (χ4v) is 1.31. The van der Waals surface area contributed by atoms with Crippen LogP contribution in [0.15, 0.2) is 24.3 Å². The van der Waals surface area contributed by atoms with Crippen LogP contribution in [0.2, 0.25) is 0 Å². The number of benzene rings is 1. The topological polar surface area (TPSA) is 101 Å². The molecule has 86 valence electrons. The molecule has 0 radical (unpaired) electrons. The third-order valence-electron chi connectivity index (χ3n) is 1.40. The first-order valence-corrected chi connectivity index (χ1v) is 4.83. The summed E-state index contributed by atoms with van der Waals surface area (Å²) in [5.74, 6) is 0. The molecule has 9 heteroatoms. The highest BCUT2D eigenvalue weighted by molar-refractivity contribution is 7.60. The van der Waals surface area contributed by atoms with E-state index in [1.807, 2.05) is 0 Å². The van der Waals surface area contributed by atoms with Crippen molar-refractivity contribution in [2.75, 3.05) is 0 Å². The molecule has 0 atom stereocenters. The Balaban J connectivity index is 0. The Morgan fingerprint density at radius 2 is 1.53 bits per heavy atom. The van der Waals surface area contributed by atoms with Gasteiger partial charge in [0.1, 0.15) is 0 Å². The Kier molecular flexibility index (Phi) is 6.76. The van der Waals surface area contributed by atoms with E-state index in [1.165, 1.54) is 0 Å². The van der Waals surface area contributed by atoms with Crippen molar-refractivity contribution in [2.24, 2.45) is 0 Å². The first-order valence-electron chi connectivity index (χ1n) is 3.22. The van der Waals surface area contributed by atoms with Crippen molar-refractivity contribution < 1.29 is 19.3 Å². The van der Waals surface area contributed by atoms with E-state index in [2.05, 4.69) is 0 Å². The average molecular weight is 276 g/mol. The highest BCUT2D eigenvalue weighted by Crippen LogP contribution is 2.33. The summed E-state index contributed by atoms with van der Waals surface area (Å²) in [6, 6.07) is 4.18. The van der Waals surface area contributed by atoms with E-state index in [-0.39, 0.29) is 35.8 Å². The van der Waals surface area contributed by atoms with E-state index in [0.717, 1.165) is 24.3 Å². The van der Waals surface area contributed by atoms with Crippen LogP contribution in [-0.2, 0) is 4.57 Å². The van der Waals surface area contributed by atoms with Gasteiger partial charge in [0.15, 0.2) is 0 Å². The molecule has 0 spiro atoms. The number of nitrogens with zero attached hydrogens (tertiary/aromatic N) is 1. The van der Waals surface area contributed by atoms with Gasteiger partial charge in [-0.2, -0.15) is 0 Å². The molecular weight excluding hydrogens is 268 g/mol. The number of nitro benzene ring substituents is 1. The van der Waals surface area contributed by atoms with Gasteiger partial charge in [0, 0.05) is 12.1 Å². The molecule has 1 aromatic carbocycles. The number of rotatable bonds is 2. The molecule has 0 saturated carbocycles. The van der Waals surface area contributed by atoms with Gasteiger partial charge in [-0.3, -0.25) is 14.7 Å². The van der Waals surface area contributed by atoms with Gasteiger partial charge in [0.2, 0.25) is 0 Å². The second-order valence-corrected chi connectivity index (χ2v) is 3.92. The van der Waals surface area contributed by atoms with Gasteiger partial charge in [-0.15, -0.1) is 24.8 Å². The van der Waals surface area contributed by atoms with Crippen molar-refractivity contribution in [3.05, 3.63) is 34.4 Å². The van der Waals surface area contributed by atoms with Gasteiger partial charge >= 0.3 is 7.60 Å². The number of halogens is 2. The molecule has 2 N–H and O–H groups in total. The lowest BCUT2D eigenvalue weighted by Crippen LogP contribution is -2.03. The molecule has 0 aliphatic rings. The summed E-state index contributed by atoms with van der Waals surface area (Å²) >= 11 is 0. The quantitative estimate of drug-likeness (QED) is 0.480. The number of nitro groups is 1. The van der Waals surface area contributed by atoms with Crippen LogP contribution in [0.1, 0.15) is 0 Å². The van der Waals surface area contributed by atoms with Crippen LogP contribution in [0.25, 0.3) is 0 Å². The Morgan fingerprint density at radius 3 is 1.80 bits per heavy atom. The molecule has 0 amide bonds. The van der Waals surface area contributed by atoms with Crippen LogP contribution in [-0.4, -0.2) is 14.7 Å². The summed E-state index contributed by atoms with van der Waals surface area (Å²) in [5, 5.41) is 9.95. The summed E-state index contributed by atoms with van der Waals surface area (Å²) in [7, 11) is -4.29. The van der Waals surface area contributed by atoms with Crippen molar-refractivity contribution in [3.63, 3.8) is 0 Å². The van der Waals surface area contributed by atoms with Crippen molar-refractivity contribution in [1.82, 2.24) is 0 Å². The molecular formula is C6H8Cl2NO5P. The predicted molar refractivity (Wildman–Crippen MR) is 59.3 cm³/mol. The predicted octanol–water partition coefficient (Wildman–Crippen LogP) is 1.24. The monoisotopic (exact) mass is 275 g/mol. The maximum Gasteiger partial charge on any atom is 0.356 e. The summed E-state index contributed by atoms with van der Waals surface area (Å²) in [5.41, 5.74) is -0.197. The second-order valence-electron chi connectivity index (χ2n) is 2.32. The first kappa shape index (κ1) is 16.8. The summed E-state index contributed by atoms with van der Waals surface area (Å²) in [6.07, 6.45) is 0. The third-order valence-corrected chi connectivity index (χ3v) is 2.37. The molecule has 0 saturated heterocycles.